The zero-order valence-corrected chi connectivity index (χ0v) is 26.9. The maximum absolute atomic E-state index is 17.2. The van der Waals surface area contributed by atoms with Crippen LogP contribution in [0, 0.1) is 42.9 Å². The first-order valence-electron chi connectivity index (χ1n) is 15.8. The van der Waals surface area contributed by atoms with E-state index < -0.39 is 106 Å². The molecular weight excluding hydrogens is 661 g/mol. The molecule has 0 spiro atoms. The van der Waals surface area contributed by atoms with Crippen LogP contribution >= 0.6 is 0 Å². The van der Waals surface area contributed by atoms with Crippen molar-refractivity contribution in [1.82, 2.24) is 5.32 Å². The highest BCUT2D eigenvalue weighted by atomic mass is 19.1. The quantitative estimate of drug-likeness (QED) is 0.0798. The minimum absolute atomic E-state index is 0.0214. The number of rotatable bonds is 15. The fourth-order valence-corrected chi connectivity index (χ4v) is 8.30. The third-order valence-electron chi connectivity index (χ3n) is 10.8. The molecule has 19 heteroatoms. The molecule has 18 nitrogen and oxygen atoms in total. The van der Waals surface area contributed by atoms with Crippen molar-refractivity contribution < 1.29 is 68.2 Å². The molecule has 3 saturated carbocycles. The van der Waals surface area contributed by atoms with Gasteiger partial charge in [0.2, 0.25) is 5.78 Å². The summed E-state index contributed by atoms with van der Waals surface area (Å²) >= 11 is 0. The van der Waals surface area contributed by atoms with E-state index >= 15 is 4.39 Å². The Morgan fingerprint density at radius 2 is 1.82 bits per heavy atom. The van der Waals surface area contributed by atoms with E-state index in [4.69, 9.17) is 9.47 Å². The summed E-state index contributed by atoms with van der Waals surface area (Å²) < 4.78 is 27.1. The molecule has 4 aliphatic rings. The molecule has 1 amide bonds. The van der Waals surface area contributed by atoms with E-state index in [1.165, 1.54) is 25.2 Å². The molecule has 1 unspecified atom stereocenters. The van der Waals surface area contributed by atoms with Crippen LogP contribution in [-0.4, -0.2) is 105 Å². The molecule has 0 heterocycles. The Balaban J connectivity index is 1.27. The Morgan fingerprint density at radius 1 is 1.10 bits per heavy atom. The number of halogens is 1. The number of amides is 1. The van der Waals surface area contributed by atoms with Crippen LogP contribution in [0.25, 0.3) is 0 Å². The molecule has 49 heavy (non-hydrogen) atoms. The van der Waals surface area contributed by atoms with Crippen molar-refractivity contribution in [3.8, 4) is 0 Å². The molecule has 0 saturated heterocycles. The van der Waals surface area contributed by atoms with E-state index in [1.54, 1.807) is 6.92 Å². The van der Waals surface area contributed by atoms with Gasteiger partial charge in [-0.05, 0) is 69.9 Å². The number of unbranched alkanes of at least 4 members (excludes halogenated alkanes) is 1. The van der Waals surface area contributed by atoms with Crippen LogP contribution in [-0.2, 0) is 33.5 Å². The fourth-order valence-electron chi connectivity index (χ4n) is 8.30. The summed E-state index contributed by atoms with van der Waals surface area (Å²) in [6.45, 7) is 0.520. The Kier molecular flexibility index (Phi) is 11.0. The average Bonchev–Trinajstić information content (AvgIpc) is 3.23. The number of Topliss-reactive ketones (excluding diaryl/α,β-unsaturated/α-hetero) is 1. The van der Waals surface area contributed by atoms with Gasteiger partial charge in [-0.2, -0.15) is 0 Å². The number of aliphatic hydroxyl groups is 3. The lowest BCUT2D eigenvalue weighted by Gasteiger charge is -2.62. The van der Waals surface area contributed by atoms with Crippen LogP contribution in [0.1, 0.15) is 58.8 Å². The van der Waals surface area contributed by atoms with Gasteiger partial charge in [0.05, 0.1) is 18.8 Å². The molecule has 4 rings (SSSR count). The normalized spacial score (nSPS) is 35.1. The molecule has 0 radical (unpaired) electrons. The van der Waals surface area contributed by atoms with Gasteiger partial charge >= 0.3 is 12.1 Å². The number of fused-ring (bicyclic) bond motifs is 5. The predicted octanol–water partition coefficient (Wildman–Crippen LogP) is 0.853. The highest BCUT2D eigenvalue weighted by molar-refractivity contribution is 6.01. The maximum atomic E-state index is 17.2. The van der Waals surface area contributed by atoms with Crippen LogP contribution in [0.5, 0.6) is 0 Å². The molecule has 272 valence electrons. The lowest BCUT2D eigenvalue weighted by atomic mass is 9.44. The van der Waals surface area contributed by atoms with Crippen LogP contribution in [0.4, 0.5) is 9.18 Å². The second-order valence-corrected chi connectivity index (χ2v) is 13.3. The van der Waals surface area contributed by atoms with Gasteiger partial charge in [-0.3, -0.25) is 14.4 Å². The molecule has 0 bridgehead atoms. The molecule has 4 N–H and O–H groups in total. The largest absolute Gasteiger partial charge is 0.456 e. The Hall–Kier alpha value is -4.23. The van der Waals surface area contributed by atoms with E-state index in [0.717, 1.165) is 0 Å². The molecule has 3 fully saturated rings. The summed E-state index contributed by atoms with van der Waals surface area (Å²) in [4.78, 5) is 78.8. The summed E-state index contributed by atoms with van der Waals surface area (Å²) in [5, 5.41) is 54.8. The standard InChI is InChI=1S/C30H40FN3O15/c1-27-9-8-18(35)11-17(27)6-7-20-21-12-22(36)30(41,28(21,2)13-23(37)29(20,27)31)24(38)16-47-25(39)14-32-26(40)46-10-4-3-5-19(49-34(44)45)15-48-33(42)43/h8-9,11,19-23,36-37,41H,3-7,10,12-16H2,1-2H3,(H,32,40)/t19?,20-,21-,22+,23-,27-,28-,29-,30-/m0/s1. The SMILES string of the molecule is C[C@]12C=CC(=O)C=C1CC[C@H]1[C@@H]3C[C@@H](O)[C@](O)(C(=O)COC(=O)CNC(=O)OCCCCC(CO[N+](=O)[O-])O[N+](=O)[O-])[C@@]3(C)C[C@H](O)[C@@]12F. The van der Waals surface area contributed by atoms with Gasteiger partial charge < -0.3 is 39.8 Å². The number of alkyl carbamates (subject to hydrolysis) is 1. The van der Waals surface area contributed by atoms with Crippen molar-refractivity contribution in [2.75, 3.05) is 26.4 Å². The third kappa shape index (κ3) is 6.96. The van der Waals surface area contributed by atoms with Gasteiger partial charge in [0.25, 0.3) is 10.2 Å². The van der Waals surface area contributed by atoms with Gasteiger partial charge in [0.1, 0.15) is 19.3 Å². The van der Waals surface area contributed by atoms with Crippen molar-refractivity contribution in [1.29, 1.82) is 0 Å². The number of hydrogen-bond donors (Lipinski definition) is 4. The van der Waals surface area contributed by atoms with Gasteiger partial charge in [0.15, 0.2) is 23.7 Å². The smallest absolute Gasteiger partial charge is 0.407 e. The highest BCUT2D eigenvalue weighted by Crippen LogP contribution is 2.69. The predicted molar refractivity (Wildman–Crippen MR) is 159 cm³/mol. The van der Waals surface area contributed by atoms with Crippen LogP contribution < -0.4 is 5.32 Å². The topological polar surface area (TPSA) is 264 Å². The van der Waals surface area contributed by atoms with Crippen molar-refractivity contribution in [2.45, 2.75) is 88.4 Å². The number of alkyl halides is 1. The maximum Gasteiger partial charge on any atom is 0.407 e. The highest BCUT2D eigenvalue weighted by Gasteiger charge is 2.76. The number of carbonyl (C=O) groups is 4. The molecular formula is C30H40FN3O15. The first kappa shape index (κ1) is 37.6. The Morgan fingerprint density at radius 3 is 2.49 bits per heavy atom. The second kappa shape index (κ2) is 14.3. The van der Waals surface area contributed by atoms with Crippen molar-refractivity contribution in [3.05, 3.63) is 44.0 Å². The fraction of sp³-hybridized carbons (Fsp3) is 0.733. The number of carbonyl (C=O) groups excluding carboxylic acids is 4. The number of nitrogens with zero attached hydrogens (tertiary/aromatic N) is 2. The number of allylic oxidation sites excluding steroid dienone is 4. The number of ether oxygens (including phenoxy) is 2. The number of esters is 1. The van der Waals surface area contributed by atoms with Gasteiger partial charge in [0, 0.05) is 16.7 Å². The lowest BCUT2D eigenvalue weighted by molar-refractivity contribution is -0.790. The van der Waals surface area contributed by atoms with Gasteiger partial charge in [-0.25, -0.2) is 9.18 Å². The Labute approximate surface area is 278 Å². The molecule has 0 aromatic rings. The monoisotopic (exact) mass is 701 g/mol. The molecule has 9 atom stereocenters. The van der Waals surface area contributed by atoms with Gasteiger partial charge in [-0.15, -0.1) is 20.2 Å². The number of nitrogens with one attached hydrogen (secondary N) is 1. The zero-order chi connectivity index (χ0) is 36.4. The number of hydrogen-bond acceptors (Lipinski definition) is 15. The van der Waals surface area contributed by atoms with E-state index in [0.29, 0.717) is 12.0 Å². The van der Waals surface area contributed by atoms with E-state index in [2.05, 4.69) is 15.0 Å². The average molecular weight is 702 g/mol. The first-order chi connectivity index (χ1) is 22.9. The minimum Gasteiger partial charge on any atom is -0.456 e. The van der Waals surface area contributed by atoms with Crippen molar-refractivity contribution in [3.63, 3.8) is 0 Å². The third-order valence-corrected chi connectivity index (χ3v) is 10.8. The van der Waals surface area contributed by atoms with Crippen molar-refractivity contribution in [2.24, 2.45) is 22.7 Å². The second-order valence-electron chi connectivity index (χ2n) is 13.3. The summed E-state index contributed by atoms with van der Waals surface area (Å²) in [5.74, 6) is -4.06. The lowest BCUT2D eigenvalue weighted by Crippen LogP contribution is -2.69. The number of aliphatic hydroxyl groups excluding tert-OH is 2. The van der Waals surface area contributed by atoms with Crippen LogP contribution in [0.2, 0.25) is 0 Å². The minimum atomic E-state index is -2.50. The number of ketones is 2. The molecule has 0 aromatic carbocycles. The van der Waals surface area contributed by atoms with E-state index in [1.807, 2.05) is 0 Å². The summed E-state index contributed by atoms with van der Waals surface area (Å²) in [7, 11) is 0. The molecule has 0 aliphatic heterocycles. The molecule has 0 aromatic heterocycles. The zero-order valence-electron chi connectivity index (χ0n) is 26.9. The molecule has 4 aliphatic carbocycles. The van der Waals surface area contributed by atoms with Crippen LogP contribution in [0.3, 0.4) is 0 Å². The Bertz CT molecular complexity index is 1420. The summed E-state index contributed by atoms with van der Waals surface area (Å²) in [6.07, 6.45) is -1.14. The first-order valence-corrected chi connectivity index (χ1v) is 15.8. The van der Waals surface area contributed by atoms with Crippen molar-refractivity contribution >= 4 is 23.6 Å². The van der Waals surface area contributed by atoms with Crippen LogP contribution in [0.15, 0.2) is 23.8 Å². The van der Waals surface area contributed by atoms with E-state index in [9.17, 15) is 54.7 Å². The van der Waals surface area contributed by atoms with Gasteiger partial charge in [-0.1, -0.05) is 18.6 Å². The van der Waals surface area contributed by atoms with E-state index in [-0.39, 0.29) is 44.5 Å². The summed E-state index contributed by atoms with van der Waals surface area (Å²) in [6, 6.07) is 0. The summed E-state index contributed by atoms with van der Waals surface area (Å²) in [5.41, 5.74) is -7.01.